The van der Waals surface area contributed by atoms with Crippen molar-refractivity contribution in [1.82, 2.24) is 0 Å². The van der Waals surface area contributed by atoms with Gasteiger partial charge in [0.2, 0.25) is 0 Å². The van der Waals surface area contributed by atoms with Gasteiger partial charge in [0, 0.05) is 11.8 Å². The highest BCUT2D eigenvalue weighted by atomic mass is 19.4. The van der Waals surface area contributed by atoms with Crippen LogP contribution in [0.5, 0.6) is 5.75 Å². The van der Waals surface area contributed by atoms with Crippen LogP contribution in [0.1, 0.15) is 31.9 Å². The first kappa shape index (κ1) is 13.5. The first-order valence-electron chi connectivity index (χ1n) is 5.06. The van der Waals surface area contributed by atoms with Gasteiger partial charge in [0.05, 0.1) is 0 Å². The molecule has 0 aliphatic heterocycles. The molecule has 0 heterocycles. The predicted octanol–water partition coefficient (Wildman–Crippen LogP) is 3.63. The largest absolute Gasteiger partial charge is 0.507 e. The summed E-state index contributed by atoms with van der Waals surface area (Å²) in [4.78, 5) is 2.43. The molecule has 1 aromatic carbocycles. The van der Waals surface area contributed by atoms with Crippen molar-refractivity contribution in [2.24, 2.45) is 4.99 Å². The summed E-state index contributed by atoms with van der Waals surface area (Å²) in [5, 5.41) is 9.86. The zero-order valence-electron chi connectivity index (χ0n) is 9.84. The van der Waals surface area contributed by atoms with Gasteiger partial charge in [0.15, 0.2) is 0 Å². The first-order chi connectivity index (χ1) is 7.61. The average Bonchev–Trinajstić information content (AvgIpc) is 2.13. The van der Waals surface area contributed by atoms with E-state index < -0.39 is 6.30 Å². The van der Waals surface area contributed by atoms with Crippen molar-refractivity contribution in [2.75, 3.05) is 0 Å². The van der Waals surface area contributed by atoms with Crippen LogP contribution in [0.15, 0.2) is 23.2 Å². The number of benzene rings is 1. The normalized spacial score (nSPS) is 13.3. The molecular weight excluding hydrogens is 231 g/mol. The summed E-state index contributed by atoms with van der Waals surface area (Å²) in [5.74, 6) is -0.159. The van der Waals surface area contributed by atoms with Gasteiger partial charge in [0.25, 0.3) is 0 Å². The van der Waals surface area contributed by atoms with E-state index in [9.17, 15) is 18.3 Å². The Morgan fingerprint density at radius 1 is 1.18 bits per heavy atom. The van der Waals surface area contributed by atoms with Crippen LogP contribution in [0.2, 0.25) is 0 Å². The highest BCUT2D eigenvalue weighted by molar-refractivity contribution is 5.84. The highest BCUT2D eigenvalue weighted by Crippen LogP contribution is 2.32. The smallest absolute Gasteiger partial charge is 0.503 e. The molecule has 0 aliphatic rings. The third-order valence-electron chi connectivity index (χ3n) is 2.23. The molecule has 0 saturated heterocycles. The minimum atomic E-state index is -4.62. The summed E-state index contributed by atoms with van der Waals surface area (Å²) in [5.41, 5.74) is 0.310. The maximum Gasteiger partial charge on any atom is 0.503 e. The predicted molar refractivity (Wildman–Crippen MR) is 60.5 cm³/mol. The van der Waals surface area contributed by atoms with Gasteiger partial charge < -0.3 is 5.11 Å². The third-order valence-corrected chi connectivity index (χ3v) is 2.23. The first-order valence-corrected chi connectivity index (χ1v) is 5.06. The molecule has 0 atom stereocenters. The standard InChI is InChI=1S/C12H14F3NO/c1-11(2,3)9-6-4-5-8(10(9)17)7-16-12(13,14)15/h4-7,17H,1-3H3. The number of phenolic OH excluding ortho intramolecular Hbond substituents is 1. The number of phenols is 1. The number of aromatic hydroxyl groups is 1. The van der Waals surface area contributed by atoms with Crippen molar-refractivity contribution in [1.29, 1.82) is 0 Å². The van der Waals surface area contributed by atoms with Crippen LogP contribution in [0.3, 0.4) is 0 Å². The summed E-state index contributed by atoms with van der Waals surface area (Å²) in [6, 6.07) is 4.66. The second kappa shape index (κ2) is 4.39. The van der Waals surface area contributed by atoms with Gasteiger partial charge >= 0.3 is 6.30 Å². The summed E-state index contributed by atoms with van der Waals surface area (Å²) in [6.07, 6.45) is -3.99. The van der Waals surface area contributed by atoms with Crippen LogP contribution in [0.25, 0.3) is 0 Å². The summed E-state index contributed by atoms with van der Waals surface area (Å²) < 4.78 is 35.8. The molecule has 5 heteroatoms. The van der Waals surface area contributed by atoms with E-state index in [-0.39, 0.29) is 16.7 Å². The second-order valence-corrected chi connectivity index (χ2v) is 4.72. The molecule has 0 bridgehead atoms. The Kier molecular flexibility index (Phi) is 3.50. The van der Waals surface area contributed by atoms with Crippen molar-refractivity contribution in [3.8, 4) is 5.75 Å². The summed E-state index contributed by atoms with van der Waals surface area (Å²) in [6.45, 7) is 5.60. The van der Waals surface area contributed by atoms with E-state index >= 15 is 0 Å². The maximum absolute atomic E-state index is 11.9. The van der Waals surface area contributed by atoms with Crippen LogP contribution in [0, 0.1) is 0 Å². The van der Waals surface area contributed by atoms with Crippen LogP contribution in [-0.4, -0.2) is 17.6 Å². The maximum atomic E-state index is 11.9. The van der Waals surface area contributed by atoms with Gasteiger partial charge in [0.1, 0.15) is 5.75 Å². The topological polar surface area (TPSA) is 32.6 Å². The Morgan fingerprint density at radius 3 is 2.24 bits per heavy atom. The monoisotopic (exact) mass is 245 g/mol. The molecular formula is C12H14F3NO. The molecule has 1 N–H and O–H groups in total. The average molecular weight is 245 g/mol. The Bertz CT molecular complexity index is 430. The molecule has 0 amide bonds. The lowest BCUT2D eigenvalue weighted by Gasteiger charge is -2.21. The van der Waals surface area contributed by atoms with Crippen molar-refractivity contribution in [2.45, 2.75) is 32.5 Å². The molecule has 1 aromatic rings. The Hall–Kier alpha value is -1.52. The van der Waals surface area contributed by atoms with E-state index in [2.05, 4.69) is 4.99 Å². The van der Waals surface area contributed by atoms with Crippen molar-refractivity contribution < 1.29 is 18.3 Å². The Labute approximate surface area is 97.8 Å². The number of hydrogen-bond acceptors (Lipinski definition) is 2. The molecule has 0 aromatic heterocycles. The molecule has 0 radical (unpaired) electrons. The highest BCUT2D eigenvalue weighted by Gasteiger charge is 2.25. The molecule has 0 spiro atoms. The molecule has 0 fully saturated rings. The molecule has 1 rings (SSSR count). The number of para-hydroxylation sites is 1. The zero-order chi connectivity index (χ0) is 13.3. The van der Waals surface area contributed by atoms with Crippen LogP contribution < -0.4 is 0 Å². The van der Waals surface area contributed by atoms with E-state index in [0.29, 0.717) is 11.8 Å². The summed E-state index contributed by atoms with van der Waals surface area (Å²) in [7, 11) is 0. The van der Waals surface area contributed by atoms with Crippen LogP contribution >= 0.6 is 0 Å². The summed E-state index contributed by atoms with van der Waals surface area (Å²) >= 11 is 0. The van der Waals surface area contributed by atoms with Gasteiger partial charge in [-0.2, -0.15) is 4.99 Å². The Balaban J connectivity index is 3.17. The van der Waals surface area contributed by atoms with Crippen LogP contribution in [0.4, 0.5) is 13.2 Å². The number of halogens is 3. The molecule has 17 heavy (non-hydrogen) atoms. The van der Waals surface area contributed by atoms with E-state index in [0.717, 1.165) is 0 Å². The van der Waals surface area contributed by atoms with Crippen molar-refractivity contribution >= 4 is 6.21 Å². The molecule has 2 nitrogen and oxygen atoms in total. The lowest BCUT2D eigenvalue weighted by molar-refractivity contribution is -0.119. The number of nitrogens with zero attached hydrogens (tertiary/aromatic N) is 1. The minimum Gasteiger partial charge on any atom is -0.507 e. The SMILES string of the molecule is CC(C)(C)c1cccc(C=NC(F)(F)F)c1O. The van der Waals surface area contributed by atoms with Crippen molar-refractivity contribution in [3.63, 3.8) is 0 Å². The number of hydrogen-bond donors (Lipinski definition) is 1. The van der Waals surface area contributed by atoms with Crippen molar-refractivity contribution in [3.05, 3.63) is 29.3 Å². The minimum absolute atomic E-state index is 0.0646. The van der Waals surface area contributed by atoms with E-state index in [1.807, 2.05) is 20.8 Å². The molecule has 0 saturated carbocycles. The zero-order valence-corrected chi connectivity index (χ0v) is 9.84. The quantitative estimate of drug-likeness (QED) is 0.594. The molecule has 94 valence electrons. The number of rotatable bonds is 1. The fourth-order valence-electron chi connectivity index (χ4n) is 1.41. The number of alkyl halides is 3. The third kappa shape index (κ3) is 3.76. The van der Waals surface area contributed by atoms with Gasteiger partial charge in [-0.1, -0.05) is 32.9 Å². The fraction of sp³-hybridized carbons (Fsp3) is 0.417. The van der Waals surface area contributed by atoms with Gasteiger partial charge in [-0.05, 0) is 17.0 Å². The van der Waals surface area contributed by atoms with Gasteiger partial charge in [-0.25, -0.2) is 0 Å². The lowest BCUT2D eigenvalue weighted by Crippen LogP contribution is -2.12. The molecule has 0 aliphatic carbocycles. The van der Waals surface area contributed by atoms with E-state index in [1.165, 1.54) is 6.07 Å². The van der Waals surface area contributed by atoms with Gasteiger partial charge in [-0.3, -0.25) is 0 Å². The van der Waals surface area contributed by atoms with Gasteiger partial charge in [-0.15, -0.1) is 13.2 Å². The second-order valence-electron chi connectivity index (χ2n) is 4.72. The lowest BCUT2D eigenvalue weighted by atomic mass is 9.85. The fourth-order valence-corrected chi connectivity index (χ4v) is 1.41. The molecule has 0 unspecified atom stereocenters. The van der Waals surface area contributed by atoms with E-state index in [4.69, 9.17) is 0 Å². The van der Waals surface area contributed by atoms with Crippen LogP contribution in [-0.2, 0) is 5.41 Å². The van der Waals surface area contributed by atoms with E-state index in [1.54, 1.807) is 12.1 Å². The Morgan fingerprint density at radius 2 is 1.76 bits per heavy atom. The number of aliphatic imine (C=N–C) groups is 1.